The predicted molar refractivity (Wildman–Crippen MR) is 105 cm³/mol. The monoisotopic (exact) mass is 446 g/mol. The van der Waals surface area contributed by atoms with E-state index < -0.39 is 22.2 Å². The second kappa shape index (κ2) is 9.04. The van der Waals surface area contributed by atoms with Crippen LogP contribution in [0.4, 0.5) is 8.78 Å². The van der Waals surface area contributed by atoms with E-state index in [4.69, 9.17) is 9.47 Å². The number of halogens is 2. The number of hydrogen-bond acceptors (Lipinski definition) is 6. The molecule has 0 radical (unpaired) electrons. The first-order valence-electron chi connectivity index (χ1n) is 10.4. The molecule has 3 heterocycles. The molecule has 0 bridgehead atoms. The van der Waals surface area contributed by atoms with E-state index in [2.05, 4.69) is 9.64 Å². The smallest absolute Gasteiger partial charge is 0.387 e. The van der Waals surface area contributed by atoms with Crippen LogP contribution in [0.3, 0.4) is 0 Å². The molecule has 0 aliphatic carbocycles. The fraction of sp³-hybridized carbons (Fsp3) is 0.700. The molecule has 1 unspecified atom stereocenters. The predicted octanol–water partition coefficient (Wildman–Crippen LogP) is 2.18. The second-order valence-corrected chi connectivity index (χ2v) is 10.2. The van der Waals surface area contributed by atoms with E-state index in [0.717, 1.165) is 52.1 Å². The maximum atomic E-state index is 13.1. The summed E-state index contributed by atoms with van der Waals surface area (Å²) in [6.45, 7) is 2.21. The lowest BCUT2D eigenvalue weighted by molar-refractivity contribution is -0.0818. The van der Waals surface area contributed by atoms with Crippen molar-refractivity contribution in [2.24, 2.45) is 5.92 Å². The Morgan fingerprint density at radius 2 is 1.83 bits per heavy atom. The molecular formula is C20H28F2N2O5S. The minimum absolute atomic E-state index is 0.0676. The van der Waals surface area contributed by atoms with Crippen LogP contribution in [0.25, 0.3) is 0 Å². The van der Waals surface area contributed by atoms with Crippen LogP contribution in [0.1, 0.15) is 19.3 Å². The number of nitrogens with zero attached hydrogens (tertiary/aromatic N) is 2. The zero-order valence-electron chi connectivity index (χ0n) is 16.8. The molecule has 168 valence electrons. The lowest BCUT2D eigenvalue weighted by Crippen LogP contribution is -2.55. The number of alkyl halides is 2. The van der Waals surface area contributed by atoms with Gasteiger partial charge in [-0.1, -0.05) is 0 Å². The molecule has 1 atom stereocenters. The topological polar surface area (TPSA) is 68.3 Å². The maximum Gasteiger partial charge on any atom is 0.387 e. The average molecular weight is 447 g/mol. The van der Waals surface area contributed by atoms with Crippen molar-refractivity contribution in [1.29, 1.82) is 0 Å². The molecule has 3 aliphatic heterocycles. The minimum Gasteiger partial charge on any atom is -0.435 e. The fourth-order valence-electron chi connectivity index (χ4n) is 4.58. The molecule has 4 rings (SSSR count). The van der Waals surface area contributed by atoms with Gasteiger partial charge in [-0.2, -0.15) is 13.1 Å². The van der Waals surface area contributed by atoms with E-state index >= 15 is 0 Å². The largest absolute Gasteiger partial charge is 0.435 e. The van der Waals surface area contributed by atoms with Crippen molar-refractivity contribution >= 4 is 10.0 Å². The summed E-state index contributed by atoms with van der Waals surface area (Å²) in [5.41, 5.74) is -0.491. The van der Waals surface area contributed by atoms with E-state index in [0.29, 0.717) is 19.1 Å². The number of morpholine rings is 1. The van der Waals surface area contributed by atoms with Gasteiger partial charge in [0, 0.05) is 45.9 Å². The van der Waals surface area contributed by atoms with Crippen LogP contribution in [0, 0.1) is 5.92 Å². The number of benzene rings is 1. The molecule has 1 spiro atoms. The van der Waals surface area contributed by atoms with Crippen LogP contribution in [0.15, 0.2) is 29.2 Å². The van der Waals surface area contributed by atoms with Gasteiger partial charge in [-0.05, 0) is 49.4 Å². The highest BCUT2D eigenvalue weighted by Gasteiger charge is 2.46. The molecule has 0 aromatic heterocycles. The Hall–Kier alpha value is -1.33. The Kier molecular flexibility index (Phi) is 6.59. The zero-order valence-corrected chi connectivity index (χ0v) is 17.7. The summed E-state index contributed by atoms with van der Waals surface area (Å²) in [7, 11) is -3.74. The molecular weight excluding hydrogens is 418 g/mol. The molecule has 3 saturated heterocycles. The number of sulfonamides is 1. The van der Waals surface area contributed by atoms with Gasteiger partial charge in [0.15, 0.2) is 0 Å². The first-order valence-corrected chi connectivity index (χ1v) is 11.8. The molecule has 3 fully saturated rings. The zero-order chi connectivity index (χ0) is 21.2. The molecule has 3 aliphatic rings. The number of likely N-dealkylation sites (tertiary alicyclic amines) is 1. The Labute approximate surface area is 175 Å². The van der Waals surface area contributed by atoms with Crippen molar-refractivity contribution in [3.8, 4) is 5.75 Å². The minimum atomic E-state index is -3.74. The van der Waals surface area contributed by atoms with Gasteiger partial charge in [0.2, 0.25) is 10.0 Å². The third-order valence-corrected chi connectivity index (χ3v) is 8.01. The second-order valence-electron chi connectivity index (χ2n) is 8.26. The van der Waals surface area contributed by atoms with Crippen LogP contribution < -0.4 is 4.74 Å². The summed E-state index contributed by atoms with van der Waals surface area (Å²) in [5.74, 6) is 0.549. The van der Waals surface area contributed by atoms with Crippen molar-refractivity contribution in [3.05, 3.63) is 24.3 Å². The molecule has 0 N–H and O–H groups in total. The highest BCUT2D eigenvalue weighted by molar-refractivity contribution is 7.89. The summed E-state index contributed by atoms with van der Waals surface area (Å²) in [5, 5.41) is 0. The van der Waals surface area contributed by atoms with Gasteiger partial charge in [-0.15, -0.1) is 0 Å². The van der Waals surface area contributed by atoms with Gasteiger partial charge in [0.05, 0.1) is 17.1 Å². The van der Waals surface area contributed by atoms with Gasteiger partial charge in [-0.3, -0.25) is 0 Å². The maximum absolute atomic E-state index is 13.1. The van der Waals surface area contributed by atoms with Gasteiger partial charge in [0.25, 0.3) is 0 Å². The van der Waals surface area contributed by atoms with Crippen LogP contribution in [0.5, 0.6) is 5.75 Å². The standard InChI is InChI=1S/C20H28F2N2O5S/c21-19(22)29-17-1-3-18(4-2-17)30(25,26)24-9-12-28-20(15-24)7-8-23(14-20)13-16-5-10-27-11-6-16/h1-4,16,19H,5-15H2. The number of hydrogen-bond donors (Lipinski definition) is 0. The molecule has 0 amide bonds. The first-order chi connectivity index (χ1) is 14.4. The lowest BCUT2D eigenvalue weighted by atomic mass is 9.99. The molecule has 0 saturated carbocycles. The lowest BCUT2D eigenvalue weighted by Gasteiger charge is -2.40. The third-order valence-electron chi connectivity index (χ3n) is 6.15. The van der Waals surface area contributed by atoms with E-state index in [9.17, 15) is 17.2 Å². The first kappa shape index (κ1) is 21.9. The van der Waals surface area contributed by atoms with Gasteiger partial charge in [0.1, 0.15) is 5.75 Å². The van der Waals surface area contributed by atoms with Crippen molar-refractivity contribution in [3.63, 3.8) is 0 Å². The van der Waals surface area contributed by atoms with Crippen molar-refractivity contribution in [1.82, 2.24) is 9.21 Å². The van der Waals surface area contributed by atoms with E-state index in [1.54, 1.807) is 0 Å². The molecule has 7 nitrogen and oxygen atoms in total. The summed E-state index contributed by atoms with van der Waals surface area (Å²) in [4.78, 5) is 2.45. The van der Waals surface area contributed by atoms with Crippen molar-refractivity contribution in [2.75, 3.05) is 52.5 Å². The van der Waals surface area contributed by atoms with Crippen LogP contribution >= 0.6 is 0 Å². The normalized spacial score (nSPS) is 27.2. The Balaban J connectivity index is 1.40. The van der Waals surface area contributed by atoms with E-state index in [1.807, 2.05) is 0 Å². The molecule has 1 aromatic rings. The summed E-state index contributed by atoms with van der Waals surface area (Å²) in [6, 6.07) is 5.11. The summed E-state index contributed by atoms with van der Waals surface area (Å²) < 4.78 is 68.2. The quantitative estimate of drug-likeness (QED) is 0.667. The summed E-state index contributed by atoms with van der Waals surface area (Å²) >= 11 is 0. The molecule has 1 aromatic carbocycles. The number of ether oxygens (including phenoxy) is 3. The van der Waals surface area contributed by atoms with E-state index in [-0.39, 0.29) is 17.2 Å². The van der Waals surface area contributed by atoms with Crippen molar-refractivity contribution < 1.29 is 31.4 Å². The Morgan fingerprint density at radius 3 is 2.53 bits per heavy atom. The van der Waals surface area contributed by atoms with Crippen molar-refractivity contribution in [2.45, 2.75) is 36.4 Å². The van der Waals surface area contributed by atoms with Crippen LogP contribution in [-0.2, 0) is 19.5 Å². The highest BCUT2D eigenvalue weighted by atomic mass is 32.2. The molecule has 10 heteroatoms. The van der Waals surface area contributed by atoms with Gasteiger partial charge in [-0.25, -0.2) is 8.42 Å². The van der Waals surface area contributed by atoms with Crippen LogP contribution in [-0.4, -0.2) is 82.4 Å². The Bertz CT molecular complexity index is 817. The van der Waals surface area contributed by atoms with Gasteiger partial charge < -0.3 is 19.1 Å². The Morgan fingerprint density at radius 1 is 1.10 bits per heavy atom. The summed E-state index contributed by atoms with van der Waals surface area (Å²) in [6.07, 6.45) is 2.93. The highest BCUT2D eigenvalue weighted by Crippen LogP contribution is 2.33. The molecule has 30 heavy (non-hydrogen) atoms. The van der Waals surface area contributed by atoms with Gasteiger partial charge >= 0.3 is 6.61 Å². The third kappa shape index (κ3) is 4.94. The fourth-order valence-corrected chi connectivity index (χ4v) is 6.08. The van der Waals surface area contributed by atoms with Crippen LogP contribution in [0.2, 0.25) is 0 Å². The number of rotatable bonds is 6. The SMILES string of the molecule is O=S(=O)(c1ccc(OC(F)F)cc1)N1CCOC2(CCN(CC3CCOCC3)C2)C1. The van der Waals surface area contributed by atoms with E-state index in [1.165, 1.54) is 28.6 Å². The average Bonchev–Trinajstić information content (AvgIpc) is 3.10.